The minimum Gasteiger partial charge on any atom is -0.369 e. The first-order valence-electron chi connectivity index (χ1n) is 11.6. The van der Waals surface area contributed by atoms with E-state index in [0.717, 1.165) is 49.6 Å². The molecule has 7 nitrogen and oxygen atoms in total. The summed E-state index contributed by atoms with van der Waals surface area (Å²) in [6, 6.07) is 13.4. The molecule has 2 heterocycles. The molecule has 0 atom stereocenters. The number of aryl methyl sites for hydroxylation is 1. The molecule has 0 bridgehead atoms. The van der Waals surface area contributed by atoms with Gasteiger partial charge in [0.25, 0.3) is 11.5 Å². The van der Waals surface area contributed by atoms with Gasteiger partial charge in [-0.3, -0.25) is 14.2 Å². The van der Waals surface area contributed by atoms with E-state index in [-0.39, 0.29) is 11.1 Å². The van der Waals surface area contributed by atoms with E-state index in [1.54, 1.807) is 18.2 Å². The Morgan fingerprint density at radius 2 is 1.67 bits per heavy atom. The number of amides is 1. The van der Waals surface area contributed by atoms with Gasteiger partial charge in [0, 0.05) is 49.2 Å². The van der Waals surface area contributed by atoms with Gasteiger partial charge in [-0.1, -0.05) is 6.07 Å². The van der Waals surface area contributed by atoms with Crippen molar-refractivity contribution >= 4 is 28.2 Å². The van der Waals surface area contributed by atoms with Crippen molar-refractivity contribution in [2.24, 2.45) is 0 Å². The van der Waals surface area contributed by atoms with Crippen molar-refractivity contribution in [3.8, 4) is 5.69 Å². The van der Waals surface area contributed by atoms with E-state index in [1.165, 1.54) is 10.9 Å². The number of fused-ring (bicyclic) bond motifs is 1. The third kappa shape index (κ3) is 4.70. The first kappa shape index (κ1) is 23.6. The summed E-state index contributed by atoms with van der Waals surface area (Å²) in [4.78, 5) is 35.1. The van der Waals surface area contributed by atoms with Crippen LogP contribution >= 0.6 is 0 Å². The predicted octanol–water partition coefficient (Wildman–Crippen LogP) is 3.98. The van der Waals surface area contributed by atoms with Gasteiger partial charge in [-0.25, -0.2) is 13.8 Å². The van der Waals surface area contributed by atoms with Crippen molar-refractivity contribution in [1.29, 1.82) is 0 Å². The Labute approximate surface area is 206 Å². The number of hydrogen-bond acceptors (Lipinski definition) is 5. The molecule has 1 fully saturated rings. The van der Waals surface area contributed by atoms with Crippen LogP contribution in [0.2, 0.25) is 0 Å². The van der Waals surface area contributed by atoms with Crippen LogP contribution in [0.1, 0.15) is 15.9 Å². The highest BCUT2D eigenvalue weighted by molar-refractivity contribution is 6.04. The Balaban J connectivity index is 1.48. The van der Waals surface area contributed by atoms with Crippen LogP contribution in [0.4, 0.5) is 20.2 Å². The molecule has 0 unspecified atom stereocenters. The summed E-state index contributed by atoms with van der Waals surface area (Å²) in [6.45, 7) is 5.52. The zero-order valence-corrected chi connectivity index (χ0v) is 20.0. The fraction of sp³-hybridized carbons (Fsp3) is 0.222. The number of nitrogens with one attached hydrogen (secondary N) is 1. The highest BCUT2D eigenvalue weighted by atomic mass is 19.1. The number of anilines is 2. The van der Waals surface area contributed by atoms with Crippen molar-refractivity contribution < 1.29 is 13.6 Å². The molecule has 0 aliphatic carbocycles. The Bertz CT molecular complexity index is 1510. The van der Waals surface area contributed by atoms with E-state index in [9.17, 15) is 18.4 Å². The van der Waals surface area contributed by atoms with Gasteiger partial charge < -0.3 is 15.1 Å². The smallest absolute Gasteiger partial charge is 0.265 e. The second kappa shape index (κ2) is 9.50. The normalized spacial score (nSPS) is 14.3. The van der Waals surface area contributed by atoms with Gasteiger partial charge in [-0.05, 0) is 62.0 Å². The van der Waals surface area contributed by atoms with E-state index in [4.69, 9.17) is 0 Å². The summed E-state index contributed by atoms with van der Waals surface area (Å²) in [6.07, 6.45) is 1.47. The van der Waals surface area contributed by atoms with Crippen LogP contribution in [0.25, 0.3) is 16.6 Å². The number of piperazine rings is 1. The average molecular weight is 490 g/mol. The van der Waals surface area contributed by atoms with Gasteiger partial charge in [0.15, 0.2) is 0 Å². The minimum absolute atomic E-state index is 0.143. The Morgan fingerprint density at radius 1 is 0.944 bits per heavy atom. The molecule has 0 saturated carbocycles. The zero-order valence-electron chi connectivity index (χ0n) is 20.0. The van der Waals surface area contributed by atoms with E-state index in [0.29, 0.717) is 28.3 Å². The fourth-order valence-corrected chi connectivity index (χ4v) is 4.38. The van der Waals surface area contributed by atoms with E-state index in [1.807, 2.05) is 25.1 Å². The molecular weight excluding hydrogens is 464 g/mol. The number of rotatable bonds is 4. The van der Waals surface area contributed by atoms with Crippen molar-refractivity contribution in [2.75, 3.05) is 43.4 Å². The molecule has 1 N–H and O–H groups in total. The molecule has 0 radical (unpaired) electrons. The number of likely N-dealkylation sites (N-methyl/N-ethyl adjacent to an activating group) is 1. The molecule has 1 aliphatic rings. The van der Waals surface area contributed by atoms with Crippen LogP contribution < -0.4 is 15.8 Å². The maximum absolute atomic E-state index is 13.5. The summed E-state index contributed by atoms with van der Waals surface area (Å²) in [5.74, 6) is -2.34. The molecular formula is C27H25F2N5O2. The number of carbonyl (C=O) groups excluding carboxylic acids is 1. The molecule has 1 saturated heterocycles. The van der Waals surface area contributed by atoms with Crippen molar-refractivity contribution in [2.45, 2.75) is 6.92 Å². The predicted molar refractivity (Wildman–Crippen MR) is 136 cm³/mol. The molecule has 9 heteroatoms. The first-order chi connectivity index (χ1) is 17.3. The van der Waals surface area contributed by atoms with Gasteiger partial charge in [-0.15, -0.1) is 0 Å². The first-order valence-corrected chi connectivity index (χ1v) is 11.6. The maximum atomic E-state index is 13.5. The van der Waals surface area contributed by atoms with Crippen LogP contribution in [0.5, 0.6) is 0 Å². The third-order valence-electron chi connectivity index (χ3n) is 6.46. The van der Waals surface area contributed by atoms with Gasteiger partial charge in [0.2, 0.25) is 0 Å². The number of hydrogen-bond donors (Lipinski definition) is 1. The van der Waals surface area contributed by atoms with Crippen LogP contribution in [0.15, 0.2) is 65.7 Å². The monoisotopic (exact) mass is 489 g/mol. The molecule has 3 aromatic carbocycles. The molecule has 1 amide bonds. The van der Waals surface area contributed by atoms with Gasteiger partial charge in [0.05, 0.1) is 16.6 Å². The number of benzene rings is 3. The Hall–Kier alpha value is -4.11. The summed E-state index contributed by atoms with van der Waals surface area (Å²) in [7, 11) is 2.09. The molecule has 1 aromatic heterocycles. The highest BCUT2D eigenvalue weighted by Crippen LogP contribution is 2.23. The lowest BCUT2D eigenvalue weighted by atomic mass is 10.1. The summed E-state index contributed by atoms with van der Waals surface area (Å²) in [5, 5.41) is 3.14. The van der Waals surface area contributed by atoms with Crippen LogP contribution in [-0.4, -0.2) is 53.6 Å². The quantitative estimate of drug-likeness (QED) is 0.470. The lowest BCUT2D eigenvalue weighted by Crippen LogP contribution is -2.44. The van der Waals surface area contributed by atoms with Crippen molar-refractivity contribution in [3.05, 3.63) is 94.0 Å². The Morgan fingerprint density at radius 3 is 2.39 bits per heavy atom. The van der Waals surface area contributed by atoms with Gasteiger partial charge in [0.1, 0.15) is 18.0 Å². The number of aromatic nitrogens is 2. The molecule has 1 aliphatic heterocycles. The lowest BCUT2D eigenvalue weighted by Gasteiger charge is -2.34. The summed E-state index contributed by atoms with van der Waals surface area (Å²) >= 11 is 0. The lowest BCUT2D eigenvalue weighted by molar-refractivity contribution is 0.102. The van der Waals surface area contributed by atoms with Crippen LogP contribution in [0, 0.1) is 18.6 Å². The zero-order chi connectivity index (χ0) is 25.4. The van der Waals surface area contributed by atoms with E-state index < -0.39 is 17.5 Å². The largest absolute Gasteiger partial charge is 0.369 e. The van der Waals surface area contributed by atoms with Crippen molar-refractivity contribution in [1.82, 2.24) is 14.5 Å². The topological polar surface area (TPSA) is 70.5 Å². The SMILES string of the molecule is Cc1ccc(NC(=O)c2cc(F)cc(F)c2)cc1-n1cnc2ccc(N3CCN(C)CC3)cc2c1=O. The maximum Gasteiger partial charge on any atom is 0.265 e. The molecule has 5 rings (SSSR count). The highest BCUT2D eigenvalue weighted by Gasteiger charge is 2.17. The second-order valence-electron chi connectivity index (χ2n) is 9.03. The molecule has 4 aromatic rings. The molecule has 0 spiro atoms. The Kier molecular flexibility index (Phi) is 6.24. The van der Waals surface area contributed by atoms with Crippen LogP contribution in [-0.2, 0) is 0 Å². The number of halogens is 2. The number of nitrogens with zero attached hydrogens (tertiary/aromatic N) is 4. The molecule has 184 valence electrons. The summed E-state index contributed by atoms with van der Waals surface area (Å²) in [5.41, 5.74) is 2.93. The minimum atomic E-state index is -0.838. The van der Waals surface area contributed by atoms with Crippen LogP contribution in [0.3, 0.4) is 0 Å². The van der Waals surface area contributed by atoms with Gasteiger partial charge in [-0.2, -0.15) is 0 Å². The molecule has 36 heavy (non-hydrogen) atoms. The fourth-order valence-electron chi connectivity index (χ4n) is 4.38. The summed E-state index contributed by atoms with van der Waals surface area (Å²) < 4.78 is 28.5. The standard InChI is InChI=1S/C27H25F2N5O2/c1-17-3-4-21(31-26(35)18-11-19(28)13-20(29)12-18)14-25(17)34-16-30-24-6-5-22(15-23(24)27(34)36)33-9-7-32(2)8-10-33/h3-6,11-16H,7-10H2,1-2H3,(H,31,35). The van der Waals surface area contributed by atoms with Gasteiger partial charge >= 0.3 is 0 Å². The van der Waals surface area contributed by atoms with Crippen molar-refractivity contribution in [3.63, 3.8) is 0 Å². The van der Waals surface area contributed by atoms with E-state index >= 15 is 0 Å². The second-order valence-corrected chi connectivity index (χ2v) is 9.03. The third-order valence-corrected chi connectivity index (χ3v) is 6.46. The average Bonchev–Trinajstić information content (AvgIpc) is 2.85. The number of carbonyl (C=O) groups is 1. The van der Waals surface area contributed by atoms with E-state index in [2.05, 4.69) is 27.1 Å².